The molecule has 7 heteroatoms. The van der Waals surface area contributed by atoms with E-state index in [1.807, 2.05) is 0 Å². The van der Waals surface area contributed by atoms with Gasteiger partial charge in [0.1, 0.15) is 0 Å². The van der Waals surface area contributed by atoms with Crippen molar-refractivity contribution < 1.29 is 19.4 Å². The van der Waals surface area contributed by atoms with Crippen LogP contribution in [0.2, 0.25) is 0 Å². The highest BCUT2D eigenvalue weighted by molar-refractivity contribution is 6.02. The number of rotatable bonds is 7. The second-order valence-electron chi connectivity index (χ2n) is 3.08. The number of carboxylic acids is 1. The topological polar surface area (TPSA) is 104 Å². The van der Waals surface area contributed by atoms with Crippen molar-refractivity contribution in [1.82, 2.24) is 15.3 Å². The molecule has 7 nitrogen and oxygen atoms in total. The van der Waals surface area contributed by atoms with E-state index in [-0.39, 0.29) is 11.4 Å². The van der Waals surface area contributed by atoms with Crippen molar-refractivity contribution >= 4 is 11.9 Å². The normalized spacial score (nSPS) is 9.65. The van der Waals surface area contributed by atoms with Gasteiger partial charge >= 0.3 is 5.97 Å². The number of aromatic nitrogens is 2. The number of amides is 1. The summed E-state index contributed by atoms with van der Waals surface area (Å²) < 4.78 is 4.86. The van der Waals surface area contributed by atoms with Crippen LogP contribution in [-0.2, 0) is 4.74 Å². The number of hydrogen-bond acceptors (Lipinski definition) is 4. The molecule has 0 spiro atoms. The molecule has 0 saturated carbocycles. The van der Waals surface area contributed by atoms with Gasteiger partial charge in [0.15, 0.2) is 11.4 Å². The van der Waals surface area contributed by atoms with Crippen LogP contribution in [0.1, 0.15) is 27.4 Å². The maximum Gasteiger partial charge on any atom is 0.354 e. The molecule has 1 aromatic heterocycles. The van der Waals surface area contributed by atoms with Gasteiger partial charge in [-0.3, -0.25) is 4.79 Å². The fraction of sp³-hybridized carbons (Fsp3) is 0.300. The predicted octanol–water partition coefficient (Wildman–Crippen LogP) is 0.388. The maximum absolute atomic E-state index is 11.5. The third-order valence-electron chi connectivity index (χ3n) is 1.91. The van der Waals surface area contributed by atoms with Crippen LogP contribution in [-0.4, -0.2) is 40.1 Å². The summed E-state index contributed by atoms with van der Waals surface area (Å²) in [6.45, 7) is 4.19. The van der Waals surface area contributed by atoms with E-state index in [1.165, 1.54) is 12.6 Å². The average Bonchev–Trinajstić information content (AvgIpc) is 2.77. The molecule has 1 rings (SSSR count). The Kier molecular flexibility index (Phi) is 4.74. The van der Waals surface area contributed by atoms with E-state index in [0.717, 1.165) is 0 Å². The summed E-state index contributed by atoms with van der Waals surface area (Å²) in [7, 11) is 0. The molecule has 0 fully saturated rings. The van der Waals surface area contributed by atoms with Gasteiger partial charge in [-0.1, -0.05) is 6.58 Å². The van der Waals surface area contributed by atoms with Gasteiger partial charge < -0.3 is 20.1 Å². The molecule has 0 aliphatic rings. The third-order valence-corrected chi connectivity index (χ3v) is 1.91. The van der Waals surface area contributed by atoms with Gasteiger partial charge in [-0.05, 0) is 6.42 Å². The van der Waals surface area contributed by atoms with Gasteiger partial charge in [-0.25, -0.2) is 9.78 Å². The van der Waals surface area contributed by atoms with Crippen LogP contribution in [0, 0.1) is 0 Å². The molecule has 1 aromatic rings. The Bertz CT molecular complexity index is 413. The molecule has 0 unspecified atom stereocenters. The highest BCUT2D eigenvalue weighted by Gasteiger charge is 2.18. The van der Waals surface area contributed by atoms with Crippen molar-refractivity contribution in [2.24, 2.45) is 0 Å². The van der Waals surface area contributed by atoms with E-state index in [2.05, 4.69) is 21.9 Å². The van der Waals surface area contributed by atoms with Crippen LogP contribution in [0.15, 0.2) is 19.2 Å². The van der Waals surface area contributed by atoms with Gasteiger partial charge in [0.2, 0.25) is 0 Å². The molecule has 0 aromatic carbocycles. The monoisotopic (exact) mass is 239 g/mol. The van der Waals surface area contributed by atoms with Gasteiger partial charge in [0.05, 0.1) is 19.2 Å². The van der Waals surface area contributed by atoms with E-state index in [1.54, 1.807) is 0 Å². The molecule has 92 valence electrons. The molecule has 0 atom stereocenters. The summed E-state index contributed by atoms with van der Waals surface area (Å²) >= 11 is 0. The summed E-state index contributed by atoms with van der Waals surface area (Å²) in [6, 6.07) is 0. The minimum absolute atomic E-state index is 0.123. The fourth-order valence-electron chi connectivity index (χ4n) is 1.15. The minimum Gasteiger partial charge on any atom is -0.502 e. The van der Waals surface area contributed by atoms with Crippen LogP contribution in [0.5, 0.6) is 0 Å². The average molecular weight is 239 g/mol. The van der Waals surface area contributed by atoms with Crippen molar-refractivity contribution in [3.63, 3.8) is 0 Å². The lowest BCUT2D eigenvalue weighted by molar-refractivity contribution is 0.0685. The van der Waals surface area contributed by atoms with Gasteiger partial charge in [0, 0.05) is 6.54 Å². The Morgan fingerprint density at radius 2 is 2.41 bits per heavy atom. The first-order valence-corrected chi connectivity index (χ1v) is 4.94. The van der Waals surface area contributed by atoms with Crippen LogP contribution < -0.4 is 5.32 Å². The number of ether oxygens (including phenoxy) is 1. The number of carboxylic acid groups (broad SMARTS) is 1. The Hall–Kier alpha value is -2.31. The molecule has 17 heavy (non-hydrogen) atoms. The van der Waals surface area contributed by atoms with E-state index >= 15 is 0 Å². The van der Waals surface area contributed by atoms with Crippen molar-refractivity contribution in [2.75, 3.05) is 13.2 Å². The molecular formula is C10H13N3O4. The number of hydrogen-bond donors (Lipinski definition) is 3. The van der Waals surface area contributed by atoms with Crippen molar-refractivity contribution in [3.8, 4) is 0 Å². The van der Waals surface area contributed by atoms with Crippen LogP contribution in [0.3, 0.4) is 0 Å². The minimum atomic E-state index is -1.22. The van der Waals surface area contributed by atoms with Gasteiger partial charge in [-0.15, -0.1) is 0 Å². The fourth-order valence-corrected chi connectivity index (χ4v) is 1.15. The Morgan fingerprint density at radius 1 is 1.65 bits per heavy atom. The maximum atomic E-state index is 11.5. The molecule has 0 radical (unpaired) electrons. The van der Waals surface area contributed by atoms with Crippen LogP contribution >= 0.6 is 0 Å². The first-order valence-electron chi connectivity index (χ1n) is 4.94. The van der Waals surface area contributed by atoms with E-state index in [0.29, 0.717) is 19.6 Å². The molecule has 1 amide bonds. The summed E-state index contributed by atoms with van der Waals surface area (Å²) in [5.41, 5.74) is -0.341. The Balaban J connectivity index is 2.44. The Morgan fingerprint density at radius 3 is 3.06 bits per heavy atom. The van der Waals surface area contributed by atoms with Gasteiger partial charge in [0.25, 0.3) is 5.91 Å². The number of aromatic amines is 1. The number of nitrogens with zero attached hydrogens (tertiary/aromatic N) is 1. The molecule has 3 N–H and O–H groups in total. The van der Waals surface area contributed by atoms with Crippen LogP contribution in [0.4, 0.5) is 0 Å². The first-order chi connectivity index (χ1) is 8.16. The van der Waals surface area contributed by atoms with Crippen molar-refractivity contribution in [3.05, 3.63) is 30.6 Å². The largest absolute Gasteiger partial charge is 0.502 e. The van der Waals surface area contributed by atoms with Gasteiger partial charge in [-0.2, -0.15) is 0 Å². The lowest BCUT2D eigenvalue weighted by Crippen LogP contribution is -2.27. The zero-order valence-electron chi connectivity index (χ0n) is 9.10. The number of carbonyl (C=O) groups is 2. The molecule has 0 aliphatic carbocycles. The number of aromatic carboxylic acids is 1. The molecular weight excluding hydrogens is 226 g/mol. The third kappa shape index (κ3) is 3.63. The highest BCUT2D eigenvalue weighted by Crippen LogP contribution is 2.02. The second-order valence-corrected chi connectivity index (χ2v) is 3.08. The number of imidazole rings is 1. The van der Waals surface area contributed by atoms with Crippen molar-refractivity contribution in [1.29, 1.82) is 0 Å². The lowest BCUT2D eigenvalue weighted by atomic mass is 10.3. The number of carbonyl (C=O) groups excluding carboxylic acids is 1. The lowest BCUT2D eigenvalue weighted by Gasteiger charge is -2.03. The van der Waals surface area contributed by atoms with Crippen molar-refractivity contribution in [2.45, 2.75) is 6.42 Å². The quantitative estimate of drug-likeness (QED) is 0.471. The molecule has 0 aliphatic heterocycles. The summed E-state index contributed by atoms with van der Waals surface area (Å²) in [5.74, 6) is -1.75. The SMILES string of the molecule is C=COCCCNC(=O)c1nc[nH]c1C(=O)O. The Labute approximate surface area is 97.5 Å². The summed E-state index contributed by atoms with van der Waals surface area (Å²) in [6.07, 6.45) is 3.09. The first kappa shape index (κ1) is 12.8. The summed E-state index contributed by atoms with van der Waals surface area (Å²) in [4.78, 5) is 28.3. The van der Waals surface area contributed by atoms with E-state index in [9.17, 15) is 9.59 Å². The smallest absolute Gasteiger partial charge is 0.354 e. The zero-order chi connectivity index (χ0) is 12.7. The standard InChI is InChI=1S/C10H13N3O4/c1-2-17-5-3-4-11-9(14)7-8(10(15)16)13-6-12-7/h2,6H,1,3-5H2,(H,11,14)(H,12,13)(H,15,16). The second kappa shape index (κ2) is 6.31. The number of H-pyrrole nitrogens is 1. The molecule has 1 heterocycles. The molecule has 0 bridgehead atoms. The predicted molar refractivity (Wildman–Crippen MR) is 58.6 cm³/mol. The van der Waals surface area contributed by atoms with E-state index in [4.69, 9.17) is 9.84 Å². The molecule has 0 saturated heterocycles. The number of nitrogens with one attached hydrogen (secondary N) is 2. The highest BCUT2D eigenvalue weighted by atomic mass is 16.5. The summed E-state index contributed by atoms with van der Waals surface area (Å²) in [5, 5.41) is 11.3. The van der Waals surface area contributed by atoms with Crippen LogP contribution in [0.25, 0.3) is 0 Å². The zero-order valence-corrected chi connectivity index (χ0v) is 9.10. The van der Waals surface area contributed by atoms with E-state index < -0.39 is 11.9 Å².